The van der Waals surface area contributed by atoms with Crippen molar-refractivity contribution in [2.45, 2.75) is 57.2 Å². The Morgan fingerprint density at radius 2 is 2.00 bits per heavy atom. The van der Waals surface area contributed by atoms with Crippen molar-refractivity contribution in [1.29, 1.82) is 0 Å². The van der Waals surface area contributed by atoms with E-state index in [9.17, 15) is 14.1 Å². The Morgan fingerprint density at radius 1 is 1.42 bits per heavy atom. The van der Waals surface area contributed by atoms with E-state index in [-0.39, 0.29) is 29.4 Å². The molecule has 0 aromatic carbocycles. The van der Waals surface area contributed by atoms with Gasteiger partial charge in [-0.15, -0.1) is 4.72 Å². The number of ether oxygens (including phenoxy) is 1. The SMILES string of the molecule is COC(=O)CC(=O)CC(N[S+]([O-])C(C)(C)C)C1CC1. The molecule has 2 unspecified atom stereocenters. The first-order valence-electron chi connectivity index (χ1n) is 6.50. The van der Waals surface area contributed by atoms with Gasteiger partial charge in [0.2, 0.25) is 0 Å². The molecule has 19 heavy (non-hydrogen) atoms. The molecule has 1 N–H and O–H groups in total. The molecule has 0 radical (unpaired) electrons. The third kappa shape index (κ3) is 5.93. The molecule has 1 saturated carbocycles. The quantitative estimate of drug-likeness (QED) is 0.435. The van der Waals surface area contributed by atoms with Crippen LogP contribution in [-0.2, 0) is 25.7 Å². The number of hydrogen-bond acceptors (Lipinski definition) is 5. The molecule has 0 spiro atoms. The number of nitrogens with one attached hydrogen (secondary N) is 1. The Hall–Kier alpha value is -0.590. The highest BCUT2D eigenvalue weighted by Crippen LogP contribution is 2.35. The van der Waals surface area contributed by atoms with E-state index in [2.05, 4.69) is 9.46 Å². The van der Waals surface area contributed by atoms with Gasteiger partial charge in [-0.1, -0.05) is 0 Å². The minimum atomic E-state index is -1.20. The molecule has 6 heteroatoms. The molecule has 0 amide bonds. The number of carbonyl (C=O) groups excluding carboxylic acids is 2. The molecule has 0 bridgehead atoms. The third-order valence-corrected chi connectivity index (χ3v) is 4.65. The van der Waals surface area contributed by atoms with Gasteiger partial charge in [-0.2, -0.15) is 0 Å². The van der Waals surface area contributed by atoms with Gasteiger partial charge >= 0.3 is 5.97 Å². The molecular formula is C13H23NO4S. The summed E-state index contributed by atoms with van der Waals surface area (Å²) in [5.74, 6) is -0.286. The molecule has 0 aromatic heterocycles. The third-order valence-electron chi connectivity index (χ3n) is 3.02. The number of esters is 1. The Balaban J connectivity index is 2.49. The van der Waals surface area contributed by atoms with Crippen LogP contribution in [0, 0.1) is 5.92 Å². The average Bonchev–Trinajstić information content (AvgIpc) is 3.10. The van der Waals surface area contributed by atoms with Crippen molar-refractivity contribution in [3.63, 3.8) is 0 Å². The van der Waals surface area contributed by atoms with Crippen molar-refractivity contribution in [1.82, 2.24) is 4.72 Å². The first-order valence-corrected chi connectivity index (χ1v) is 7.65. The van der Waals surface area contributed by atoms with E-state index in [1.165, 1.54) is 7.11 Å². The van der Waals surface area contributed by atoms with E-state index in [0.29, 0.717) is 5.92 Å². The molecule has 0 aliphatic heterocycles. The fourth-order valence-electron chi connectivity index (χ4n) is 1.67. The van der Waals surface area contributed by atoms with Crippen LogP contribution in [0.25, 0.3) is 0 Å². The Morgan fingerprint density at radius 3 is 2.42 bits per heavy atom. The lowest BCUT2D eigenvalue weighted by Gasteiger charge is -2.27. The second-order valence-electron chi connectivity index (χ2n) is 5.94. The summed E-state index contributed by atoms with van der Waals surface area (Å²) in [6, 6.07) is -0.0998. The molecule has 0 saturated heterocycles. The summed E-state index contributed by atoms with van der Waals surface area (Å²) in [5.41, 5.74) is 0. The molecule has 0 aromatic rings. The highest BCUT2D eigenvalue weighted by molar-refractivity contribution is 7.90. The number of hydrogen-bond donors (Lipinski definition) is 1. The van der Waals surface area contributed by atoms with Gasteiger partial charge in [0.05, 0.1) is 13.2 Å². The lowest BCUT2D eigenvalue weighted by atomic mass is 10.1. The van der Waals surface area contributed by atoms with Crippen LogP contribution >= 0.6 is 0 Å². The average molecular weight is 289 g/mol. The fourth-order valence-corrected chi connectivity index (χ4v) is 2.57. The van der Waals surface area contributed by atoms with E-state index in [4.69, 9.17) is 0 Å². The zero-order valence-electron chi connectivity index (χ0n) is 12.0. The molecule has 5 nitrogen and oxygen atoms in total. The Labute approximate surface area is 117 Å². The maximum Gasteiger partial charge on any atom is 0.313 e. The van der Waals surface area contributed by atoms with Crippen LogP contribution in [0.1, 0.15) is 46.5 Å². The highest BCUT2D eigenvalue weighted by atomic mass is 32.2. The first kappa shape index (κ1) is 16.5. The molecule has 1 aliphatic rings. The summed E-state index contributed by atoms with van der Waals surface area (Å²) < 4.78 is 19.2. The minimum absolute atomic E-state index is 0.0998. The molecule has 1 aliphatic carbocycles. The Bertz CT molecular complexity index is 336. The summed E-state index contributed by atoms with van der Waals surface area (Å²) in [7, 11) is 1.26. The van der Waals surface area contributed by atoms with Crippen LogP contribution in [0.3, 0.4) is 0 Å². The molecular weight excluding hydrogens is 266 g/mol. The fraction of sp³-hybridized carbons (Fsp3) is 0.846. The topological polar surface area (TPSA) is 78.5 Å². The van der Waals surface area contributed by atoms with E-state index in [1.807, 2.05) is 20.8 Å². The van der Waals surface area contributed by atoms with Gasteiger partial charge in [0.15, 0.2) is 0 Å². The van der Waals surface area contributed by atoms with Crippen LogP contribution in [-0.4, -0.2) is 34.2 Å². The van der Waals surface area contributed by atoms with Crippen molar-refractivity contribution in [3.8, 4) is 0 Å². The summed E-state index contributed by atoms with van der Waals surface area (Å²) in [4.78, 5) is 22.8. The lowest BCUT2D eigenvalue weighted by molar-refractivity contribution is -0.143. The van der Waals surface area contributed by atoms with Gasteiger partial charge in [-0.05, 0) is 39.5 Å². The van der Waals surface area contributed by atoms with Gasteiger partial charge in [0.25, 0.3) is 0 Å². The van der Waals surface area contributed by atoms with Gasteiger partial charge in [0, 0.05) is 17.8 Å². The number of Topliss-reactive ketones (excluding diaryl/α,β-unsaturated/α-hetero) is 1. The number of carbonyl (C=O) groups is 2. The molecule has 110 valence electrons. The molecule has 1 rings (SSSR count). The monoisotopic (exact) mass is 289 g/mol. The van der Waals surface area contributed by atoms with Gasteiger partial charge in [-0.3, -0.25) is 9.59 Å². The second kappa shape index (κ2) is 6.72. The van der Waals surface area contributed by atoms with Crippen molar-refractivity contribution < 1.29 is 18.9 Å². The predicted molar refractivity (Wildman–Crippen MR) is 73.8 cm³/mol. The molecule has 2 atom stereocenters. The van der Waals surface area contributed by atoms with Crippen LogP contribution in [0.4, 0.5) is 0 Å². The van der Waals surface area contributed by atoms with Gasteiger partial charge in [0.1, 0.15) is 17.0 Å². The maximum absolute atomic E-state index is 12.1. The summed E-state index contributed by atoms with van der Waals surface area (Å²) in [6.07, 6.45) is 2.13. The van der Waals surface area contributed by atoms with Crippen LogP contribution in [0.15, 0.2) is 0 Å². The smallest absolute Gasteiger partial charge is 0.313 e. The van der Waals surface area contributed by atoms with E-state index in [0.717, 1.165) is 12.8 Å². The number of ketones is 1. The van der Waals surface area contributed by atoms with Crippen molar-refractivity contribution >= 4 is 23.1 Å². The Kier molecular flexibility index (Phi) is 5.82. The summed E-state index contributed by atoms with van der Waals surface area (Å²) >= 11 is -1.20. The first-order chi connectivity index (χ1) is 8.74. The van der Waals surface area contributed by atoms with Crippen molar-refractivity contribution in [3.05, 3.63) is 0 Å². The number of rotatable bonds is 7. The van der Waals surface area contributed by atoms with Crippen molar-refractivity contribution in [2.24, 2.45) is 5.92 Å². The molecule has 1 fully saturated rings. The van der Waals surface area contributed by atoms with Crippen molar-refractivity contribution in [2.75, 3.05) is 7.11 Å². The summed E-state index contributed by atoms with van der Waals surface area (Å²) in [5, 5.41) is 0. The number of methoxy groups -OCH3 is 1. The molecule has 0 heterocycles. The highest BCUT2D eigenvalue weighted by Gasteiger charge is 2.38. The van der Waals surface area contributed by atoms with E-state index < -0.39 is 17.3 Å². The second-order valence-corrected chi connectivity index (χ2v) is 7.94. The zero-order chi connectivity index (χ0) is 14.6. The van der Waals surface area contributed by atoms with Crippen LogP contribution < -0.4 is 4.72 Å². The minimum Gasteiger partial charge on any atom is -0.598 e. The zero-order valence-corrected chi connectivity index (χ0v) is 12.8. The normalized spacial score (nSPS) is 18.8. The van der Waals surface area contributed by atoms with Gasteiger partial charge < -0.3 is 9.29 Å². The largest absolute Gasteiger partial charge is 0.598 e. The van der Waals surface area contributed by atoms with E-state index in [1.54, 1.807) is 0 Å². The van der Waals surface area contributed by atoms with Gasteiger partial charge in [-0.25, -0.2) is 0 Å². The maximum atomic E-state index is 12.1. The van der Waals surface area contributed by atoms with Crippen LogP contribution in [0.2, 0.25) is 0 Å². The lowest BCUT2D eigenvalue weighted by Crippen LogP contribution is -2.46. The van der Waals surface area contributed by atoms with E-state index >= 15 is 0 Å². The standard InChI is InChI=1S/C13H23NO4S/c1-13(2,3)19(17)14-11(9-5-6-9)7-10(15)8-12(16)18-4/h9,11,14H,5-8H2,1-4H3. The van der Waals surface area contributed by atoms with Crippen LogP contribution in [0.5, 0.6) is 0 Å². The summed E-state index contributed by atoms with van der Waals surface area (Å²) in [6.45, 7) is 5.66. The predicted octanol–water partition coefficient (Wildman–Crippen LogP) is 1.34.